The summed E-state index contributed by atoms with van der Waals surface area (Å²) in [5, 5.41) is 4.33. The molecule has 4 rings (SSSR count). The second-order valence-corrected chi connectivity index (χ2v) is 8.83. The molecule has 1 aromatic carbocycles. The third-order valence-corrected chi connectivity index (χ3v) is 6.24. The number of aryl methyl sites for hydroxylation is 1. The standard InChI is InChI=1S/C22H29FN4O/c1-4-10-25-14-17(13-24-25)20(28)26-11-6-9-22(26)15-21(2,3)27(16-22)19-8-5-7-18(23)12-19/h5,7-8,12-14H,4,6,9-11,15-16H2,1-3H3. The summed E-state index contributed by atoms with van der Waals surface area (Å²) in [6, 6.07) is 6.78. The molecular formula is C22H29FN4O. The molecule has 0 bridgehead atoms. The van der Waals surface area contributed by atoms with Crippen molar-refractivity contribution in [2.24, 2.45) is 0 Å². The van der Waals surface area contributed by atoms with E-state index in [1.54, 1.807) is 18.3 Å². The number of aromatic nitrogens is 2. The van der Waals surface area contributed by atoms with Crippen LogP contribution in [0.15, 0.2) is 36.7 Å². The van der Waals surface area contributed by atoms with Crippen LogP contribution in [0.3, 0.4) is 0 Å². The maximum atomic E-state index is 13.8. The number of likely N-dealkylation sites (tertiary alicyclic amines) is 1. The third-order valence-electron chi connectivity index (χ3n) is 6.24. The highest BCUT2D eigenvalue weighted by atomic mass is 19.1. The lowest BCUT2D eigenvalue weighted by atomic mass is 9.87. The number of amides is 1. The van der Waals surface area contributed by atoms with Gasteiger partial charge in [0.1, 0.15) is 5.82 Å². The van der Waals surface area contributed by atoms with Crippen molar-refractivity contribution in [3.8, 4) is 0 Å². The van der Waals surface area contributed by atoms with Gasteiger partial charge in [-0.1, -0.05) is 13.0 Å². The minimum atomic E-state index is -0.225. The van der Waals surface area contributed by atoms with E-state index < -0.39 is 0 Å². The van der Waals surface area contributed by atoms with Gasteiger partial charge in [0.2, 0.25) is 0 Å². The van der Waals surface area contributed by atoms with E-state index >= 15 is 0 Å². The minimum Gasteiger partial charge on any atom is -0.364 e. The number of hydrogen-bond acceptors (Lipinski definition) is 3. The highest BCUT2D eigenvalue weighted by Gasteiger charge is 2.55. The van der Waals surface area contributed by atoms with E-state index in [0.717, 1.165) is 51.0 Å². The van der Waals surface area contributed by atoms with Crippen molar-refractivity contribution >= 4 is 11.6 Å². The van der Waals surface area contributed by atoms with Gasteiger partial charge in [-0.05, 0) is 57.7 Å². The van der Waals surface area contributed by atoms with Gasteiger partial charge in [-0.25, -0.2) is 4.39 Å². The molecule has 28 heavy (non-hydrogen) atoms. The first kappa shape index (κ1) is 19.0. The summed E-state index contributed by atoms with van der Waals surface area (Å²) in [4.78, 5) is 17.7. The van der Waals surface area contributed by atoms with Crippen LogP contribution in [0.5, 0.6) is 0 Å². The van der Waals surface area contributed by atoms with Gasteiger partial charge in [0.25, 0.3) is 5.91 Å². The Bertz CT molecular complexity index is 877. The Kier molecular flexibility index (Phi) is 4.68. The molecule has 0 N–H and O–H groups in total. The maximum Gasteiger partial charge on any atom is 0.257 e. The van der Waals surface area contributed by atoms with Gasteiger partial charge < -0.3 is 9.80 Å². The molecule has 6 heteroatoms. The summed E-state index contributed by atoms with van der Waals surface area (Å²) in [6.45, 7) is 8.79. The molecule has 1 amide bonds. The molecule has 0 saturated carbocycles. The lowest BCUT2D eigenvalue weighted by Crippen LogP contribution is -2.49. The molecule has 1 aromatic heterocycles. The summed E-state index contributed by atoms with van der Waals surface area (Å²) in [5.74, 6) is -0.159. The number of nitrogens with zero attached hydrogens (tertiary/aromatic N) is 4. The average Bonchev–Trinajstić information content (AvgIpc) is 3.33. The predicted molar refractivity (Wildman–Crippen MR) is 108 cm³/mol. The summed E-state index contributed by atoms with van der Waals surface area (Å²) in [6.07, 6.45) is 7.40. The molecule has 5 nitrogen and oxygen atoms in total. The SMILES string of the molecule is CCCn1cc(C(=O)N2CCCC23CN(c2cccc(F)c2)C(C)(C)C3)cn1. The normalized spacial score (nSPS) is 23.7. The molecule has 3 heterocycles. The van der Waals surface area contributed by atoms with E-state index in [1.165, 1.54) is 6.07 Å². The first-order chi connectivity index (χ1) is 13.3. The van der Waals surface area contributed by atoms with Crippen LogP contribution in [-0.4, -0.2) is 44.8 Å². The van der Waals surface area contributed by atoms with Gasteiger partial charge in [-0.2, -0.15) is 5.10 Å². The number of carbonyl (C=O) groups is 1. The van der Waals surface area contributed by atoms with Crippen molar-refractivity contribution in [3.05, 3.63) is 48.0 Å². The van der Waals surface area contributed by atoms with E-state index in [0.29, 0.717) is 5.56 Å². The average molecular weight is 384 g/mol. The van der Waals surface area contributed by atoms with Gasteiger partial charge in [0.15, 0.2) is 0 Å². The fourth-order valence-corrected chi connectivity index (χ4v) is 5.13. The molecule has 2 saturated heterocycles. The Balaban J connectivity index is 1.62. The van der Waals surface area contributed by atoms with Gasteiger partial charge in [-0.15, -0.1) is 0 Å². The summed E-state index contributed by atoms with van der Waals surface area (Å²) < 4.78 is 15.7. The van der Waals surface area contributed by atoms with Gasteiger partial charge in [0, 0.05) is 37.1 Å². The highest BCUT2D eigenvalue weighted by Crippen LogP contribution is 2.47. The van der Waals surface area contributed by atoms with Gasteiger partial charge >= 0.3 is 0 Å². The van der Waals surface area contributed by atoms with Crippen LogP contribution < -0.4 is 4.90 Å². The van der Waals surface area contributed by atoms with Crippen LogP contribution in [0, 0.1) is 5.82 Å². The highest BCUT2D eigenvalue weighted by molar-refractivity contribution is 5.94. The van der Waals surface area contributed by atoms with E-state index in [2.05, 4.69) is 35.7 Å². The Labute approximate surface area is 166 Å². The van der Waals surface area contributed by atoms with Crippen molar-refractivity contribution in [1.29, 1.82) is 0 Å². The molecule has 1 unspecified atom stereocenters. The van der Waals surface area contributed by atoms with Crippen molar-refractivity contribution in [1.82, 2.24) is 14.7 Å². The van der Waals surface area contributed by atoms with Crippen molar-refractivity contribution in [2.45, 2.75) is 64.1 Å². The fourth-order valence-electron chi connectivity index (χ4n) is 5.13. The van der Waals surface area contributed by atoms with Crippen molar-refractivity contribution in [2.75, 3.05) is 18.0 Å². The topological polar surface area (TPSA) is 41.4 Å². The molecule has 2 aliphatic rings. The molecular weight excluding hydrogens is 355 g/mol. The third kappa shape index (κ3) is 3.19. The van der Waals surface area contributed by atoms with Gasteiger partial charge in [0.05, 0.1) is 17.3 Å². The van der Waals surface area contributed by atoms with Crippen LogP contribution in [0.2, 0.25) is 0 Å². The zero-order chi connectivity index (χ0) is 19.9. The molecule has 2 aromatic rings. The Morgan fingerprint density at radius 1 is 1.32 bits per heavy atom. The Hall–Kier alpha value is -2.37. The van der Waals surface area contributed by atoms with Crippen molar-refractivity contribution < 1.29 is 9.18 Å². The largest absolute Gasteiger partial charge is 0.364 e. The van der Waals surface area contributed by atoms with E-state index in [4.69, 9.17) is 0 Å². The van der Waals surface area contributed by atoms with Crippen LogP contribution in [0.4, 0.5) is 10.1 Å². The monoisotopic (exact) mass is 384 g/mol. The Morgan fingerprint density at radius 2 is 2.14 bits per heavy atom. The first-order valence-corrected chi connectivity index (χ1v) is 10.2. The minimum absolute atomic E-state index is 0.0664. The lowest BCUT2D eigenvalue weighted by molar-refractivity contribution is 0.0617. The first-order valence-electron chi connectivity index (χ1n) is 10.2. The molecule has 0 aliphatic carbocycles. The number of benzene rings is 1. The Morgan fingerprint density at radius 3 is 2.89 bits per heavy atom. The predicted octanol–water partition coefficient (Wildman–Crippen LogP) is 4.10. The quantitative estimate of drug-likeness (QED) is 0.797. The second-order valence-electron chi connectivity index (χ2n) is 8.83. The number of rotatable bonds is 4. The zero-order valence-electron chi connectivity index (χ0n) is 17.0. The van der Waals surface area contributed by atoms with Crippen LogP contribution in [-0.2, 0) is 6.54 Å². The fraction of sp³-hybridized carbons (Fsp3) is 0.545. The smallest absolute Gasteiger partial charge is 0.257 e. The molecule has 150 valence electrons. The molecule has 1 spiro atoms. The van der Waals surface area contributed by atoms with E-state index in [9.17, 15) is 9.18 Å². The molecule has 2 aliphatic heterocycles. The number of hydrogen-bond donors (Lipinski definition) is 0. The number of halogens is 1. The molecule has 1 atom stereocenters. The summed E-state index contributed by atoms with van der Waals surface area (Å²) in [7, 11) is 0. The second kappa shape index (κ2) is 6.90. The summed E-state index contributed by atoms with van der Waals surface area (Å²) in [5.41, 5.74) is 1.19. The zero-order valence-corrected chi connectivity index (χ0v) is 17.0. The van der Waals surface area contributed by atoms with Gasteiger partial charge in [-0.3, -0.25) is 9.48 Å². The lowest BCUT2D eigenvalue weighted by Gasteiger charge is -2.35. The van der Waals surface area contributed by atoms with Crippen LogP contribution in [0.1, 0.15) is 56.8 Å². The van der Waals surface area contributed by atoms with E-state index in [1.807, 2.05) is 16.9 Å². The number of anilines is 1. The van der Waals surface area contributed by atoms with Crippen LogP contribution >= 0.6 is 0 Å². The molecule has 0 radical (unpaired) electrons. The maximum absolute atomic E-state index is 13.8. The summed E-state index contributed by atoms with van der Waals surface area (Å²) >= 11 is 0. The molecule has 2 fully saturated rings. The van der Waals surface area contributed by atoms with Crippen molar-refractivity contribution in [3.63, 3.8) is 0 Å². The van der Waals surface area contributed by atoms with Crippen LogP contribution in [0.25, 0.3) is 0 Å². The van der Waals surface area contributed by atoms with E-state index in [-0.39, 0.29) is 22.8 Å². The number of carbonyl (C=O) groups excluding carboxylic acids is 1.